The van der Waals surface area contributed by atoms with E-state index in [1.54, 1.807) is 43.0 Å². The van der Waals surface area contributed by atoms with Gasteiger partial charge in [-0.3, -0.25) is 9.59 Å². The molecule has 3 N–H and O–H groups in total. The summed E-state index contributed by atoms with van der Waals surface area (Å²) in [6, 6.07) is 8.95. The number of halogens is 4. The van der Waals surface area contributed by atoms with Crippen LogP contribution in [-0.4, -0.2) is 79.4 Å². The number of carbonyl (C=O) groups excluding carboxylic acids is 2. The second kappa shape index (κ2) is 16.1. The van der Waals surface area contributed by atoms with Crippen molar-refractivity contribution in [1.82, 2.24) is 9.21 Å². The molecule has 47 heavy (non-hydrogen) atoms. The molecule has 1 saturated heterocycles. The highest BCUT2D eigenvalue weighted by atomic mass is 32.2. The average molecular weight is 686 g/mol. The standard InChI is InChI=1S/C33H43F4N3O6S/c1-23(19-26-6-8-28(9-7-26)46-33(35,36)37)5-4-14-40(15-10-30(38)41)47(44,45)18-11-29-24(2)20-27(21-25(29)3)31(42)39-16-12-32(43,22-34)13-17-39/h6-9,11,18,20-21,23,43H,4-5,10,12-17,19,22H2,1-3H3,(H2,38,41)/b18-11+. The first-order chi connectivity index (χ1) is 21.9. The van der Waals surface area contributed by atoms with Gasteiger partial charge in [0.15, 0.2) is 0 Å². The van der Waals surface area contributed by atoms with E-state index in [1.807, 2.05) is 6.92 Å². The quantitative estimate of drug-likeness (QED) is 0.246. The van der Waals surface area contributed by atoms with Crippen molar-refractivity contribution >= 4 is 27.9 Å². The van der Waals surface area contributed by atoms with Gasteiger partial charge in [-0.15, -0.1) is 13.2 Å². The Labute approximate surface area is 273 Å². The van der Waals surface area contributed by atoms with Crippen LogP contribution in [0.5, 0.6) is 5.75 Å². The SMILES string of the molecule is Cc1cc(C(=O)N2CCC(O)(CF)CC2)cc(C)c1/C=C/S(=O)(=O)N(CCCC(C)Cc1ccc(OC(F)(F)F)cc1)CCC(N)=O. The zero-order chi connectivity index (χ0) is 35.0. The van der Waals surface area contributed by atoms with E-state index in [9.17, 15) is 40.7 Å². The Morgan fingerprint density at radius 1 is 1.11 bits per heavy atom. The average Bonchev–Trinajstić information content (AvgIpc) is 2.98. The van der Waals surface area contributed by atoms with Gasteiger partial charge in [0.2, 0.25) is 15.9 Å². The Kier molecular flexibility index (Phi) is 13.0. The first kappa shape index (κ1) is 38.0. The van der Waals surface area contributed by atoms with Crippen LogP contribution >= 0.6 is 0 Å². The molecule has 0 aliphatic carbocycles. The van der Waals surface area contributed by atoms with Crippen molar-refractivity contribution in [3.63, 3.8) is 0 Å². The number of aryl methyl sites for hydroxylation is 2. The number of alkyl halides is 4. The number of benzene rings is 2. The van der Waals surface area contributed by atoms with Gasteiger partial charge < -0.3 is 20.5 Å². The fraction of sp³-hybridized carbons (Fsp3) is 0.515. The van der Waals surface area contributed by atoms with Crippen molar-refractivity contribution in [2.24, 2.45) is 11.7 Å². The molecule has 9 nitrogen and oxygen atoms in total. The molecule has 2 amide bonds. The van der Waals surface area contributed by atoms with E-state index in [0.717, 1.165) is 11.0 Å². The summed E-state index contributed by atoms with van der Waals surface area (Å²) in [5, 5.41) is 11.2. The van der Waals surface area contributed by atoms with Gasteiger partial charge in [0.25, 0.3) is 5.91 Å². The van der Waals surface area contributed by atoms with Gasteiger partial charge in [0.1, 0.15) is 12.4 Å². The molecule has 1 aliphatic rings. The number of nitrogens with two attached hydrogens (primary N) is 1. The molecule has 1 heterocycles. The van der Waals surface area contributed by atoms with Crippen molar-refractivity contribution in [1.29, 1.82) is 0 Å². The lowest BCUT2D eigenvalue weighted by Crippen LogP contribution is -2.47. The van der Waals surface area contributed by atoms with Crippen molar-refractivity contribution in [3.8, 4) is 5.75 Å². The van der Waals surface area contributed by atoms with E-state index >= 15 is 0 Å². The number of aliphatic hydroxyl groups is 1. The summed E-state index contributed by atoms with van der Waals surface area (Å²) in [5.41, 5.74) is 7.08. The summed E-state index contributed by atoms with van der Waals surface area (Å²) in [5.74, 6) is -1.11. The Bertz CT molecular complexity index is 1500. The third-order valence-corrected chi connectivity index (χ3v) is 9.86. The summed E-state index contributed by atoms with van der Waals surface area (Å²) in [6.45, 7) is 5.10. The number of hydrogen-bond acceptors (Lipinski definition) is 6. The third-order valence-electron chi connectivity index (χ3n) is 8.29. The van der Waals surface area contributed by atoms with Crippen molar-refractivity contribution in [2.45, 2.75) is 71.3 Å². The van der Waals surface area contributed by atoms with Crippen molar-refractivity contribution in [3.05, 3.63) is 69.6 Å². The molecule has 1 unspecified atom stereocenters. The summed E-state index contributed by atoms with van der Waals surface area (Å²) >= 11 is 0. The smallest absolute Gasteiger partial charge is 0.406 e. The molecule has 1 fully saturated rings. The molecule has 1 atom stereocenters. The van der Waals surface area contributed by atoms with Gasteiger partial charge in [-0.05, 0) is 104 Å². The lowest BCUT2D eigenvalue weighted by Gasteiger charge is -2.36. The number of piperidine rings is 1. The number of primary amides is 1. The number of hydrogen-bond donors (Lipinski definition) is 2. The van der Waals surface area contributed by atoms with Crippen molar-refractivity contribution in [2.75, 3.05) is 32.9 Å². The monoisotopic (exact) mass is 685 g/mol. The summed E-state index contributed by atoms with van der Waals surface area (Å²) in [6.07, 6.45) is -1.53. The van der Waals surface area contributed by atoms with Crippen LogP contribution in [0.25, 0.3) is 6.08 Å². The van der Waals surface area contributed by atoms with E-state index in [1.165, 1.54) is 22.5 Å². The minimum Gasteiger partial charge on any atom is -0.406 e. The predicted octanol–water partition coefficient (Wildman–Crippen LogP) is 5.28. The van der Waals surface area contributed by atoms with Crippen LogP contribution in [0.4, 0.5) is 17.6 Å². The van der Waals surface area contributed by atoms with E-state index in [4.69, 9.17) is 5.73 Å². The van der Waals surface area contributed by atoms with Crippen LogP contribution in [0.15, 0.2) is 41.8 Å². The first-order valence-corrected chi connectivity index (χ1v) is 16.9. The van der Waals surface area contributed by atoms with Gasteiger partial charge in [0.05, 0.1) is 5.60 Å². The molecular weight excluding hydrogens is 642 g/mol. The van der Waals surface area contributed by atoms with Crippen LogP contribution in [0.1, 0.15) is 71.6 Å². The fourth-order valence-electron chi connectivity index (χ4n) is 5.59. The van der Waals surface area contributed by atoms with E-state index in [0.29, 0.717) is 41.5 Å². The van der Waals surface area contributed by atoms with E-state index in [-0.39, 0.29) is 63.0 Å². The summed E-state index contributed by atoms with van der Waals surface area (Å²) in [4.78, 5) is 26.2. The molecule has 1 aliphatic heterocycles. The molecule has 0 bridgehead atoms. The van der Waals surface area contributed by atoms with E-state index < -0.39 is 34.6 Å². The zero-order valence-corrected chi connectivity index (χ0v) is 27.7. The second-order valence-corrected chi connectivity index (χ2v) is 14.1. The number of rotatable bonds is 15. The Hall–Kier alpha value is -3.49. The number of sulfonamides is 1. The van der Waals surface area contributed by atoms with Gasteiger partial charge >= 0.3 is 6.36 Å². The molecule has 260 valence electrons. The molecule has 2 aromatic carbocycles. The Morgan fingerprint density at radius 2 is 1.70 bits per heavy atom. The highest BCUT2D eigenvalue weighted by molar-refractivity contribution is 7.92. The number of amides is 2. The molecule has 14 heteroatoms. The normalized spacial score (nSPS) is 16.1. The Balaban J connectivity index is 1.64. The molecular formula is C33H43F4N3O6S. The summed E-state index contributed by atoms with van der Waals surface area (Å²) in [7, 11) is -3.97. The minimum atomic E-state index is -4.77. The van der Waals surface area contributed by atoms with Crippen LogP contribution < -0.4 is 10.5 Å². The van der Waals surface area contributed by atoms with Crippen LogP contribution in [0, 0.1) is 19.8 Å². The number of nitrogens with zero attached hydrogens (tertiary/aromatic N) is 2. The molecule has 0 spiro atoms. The highest BCUT2D eigenvalue weighted by Crippen LogP contribution is 2.27. The highest BCUT2D eigenvalue weighted by Gasteiger charge is 2.34. The van der Waals surface area contributed by atoms with Gasteiger partial charge in [-0.2, -0.15) is 4.31 Å². The number of likely N-dealkylation sites (tertiary alicyclic amines) is 1. The van der Waals surface area contributed by atoms with Crippen LogP contribution in [0.2, 0.25) is 0 Å². The number of carbonyl (C=O) groups is 2. The maximum atomic E-state index is 13.4. The lowest BCUT2D eigenvalue weighted by atomic mass is 9.92. The molecule has 3 rings (SSSR count). The zero-order valence-electron chi connectivity index (χ0n) is 26.9. The largest absolute Gasteiger partial charge is 0.573 e. The topological polar surface area (TPSA) is 130 Å². The summed E-state index contributed by atoms with van der Waals surface area (Å²) < 4.78 is 82.2. The van der Waals surface area contributed by atoms with Gasteiger partial charge in [0, 0.05) is 43.6 Å². The molecule has 0 aromatic heterocycles. The van der Waals surface area contributed by atoms with Crippen molar-refractivity contribution < 1.29 is 45.4 Å². The van der Waals surface area contributed by atoms with E-state index in [2.05, 4.69) is 4.74 Å². The lowest BCUT2D eigenvalue weighted by molar-refractivity contribution is -0.274. The third kappa shape index (κ3) is 11.6. The number of ether oxygens (including phenoxy) is 1. The fourth-order valence-corrected chi connectivity index (χ4v) is 6.80. The van der Waals surface area contributed by atoms with Gasteiger partial charge in [-0.25, -0.2) is 12.8 Å². The Morgan fingerprint density at radius 3 is 2.23 bits per heavy atom. The van der Waals surface area contributed by atoms with Crippen LogP contribution in [0.3, 0.4) is 0 Å². The van der Waals surface area contributed by atoms with Gasteiger partial charge in [-0.1, -0.05) is 19.1 Å². The predicted molar refractivity (Wildman–Crippen MR) is 171 cm³/mol. The maximum Gasteiger partial charge on any atom is 0.573 e. The second-order valence-electron chi connectivity index (χ2n) is 12.3. The molecule has 0 saturated carbocycles. The molecule has 2 aromatic rings. The maximum absolute atomic E-state index is 13.4. The van der Waals surface area contributed by atoms with Crippen LogP contribution in [-0.2, 0) is 21.2 Å². The molecule has 0 radical (unpaired) electrons. The first-order valence-electron chi connectivity index (χ1n) is 15.4. The minimum absolute atomic E-state index is 0.0898.